The van der Waals surface area contributed by atoms with Gasteiger partial charge >= 0.3 is 0 Å². The van der Waals surface area contributed by atoms with E-state index in [9.17, 15) is 5.11 Å². The van der Waals surface area contributed by atoms with Crippen molar-refractivity contribution in [2.45, 2.75) is 25.4 Å². The van der Waals surface area contributed by atoms with Crippen LogP contribution in [0.5, 0.6) is 0 Å². The molecule has 1 unspecified atom stereocenters. The van der Waals surface area contributed by atoms with Gasteiger partial charge < -0.3 is 5.11 Å². The van der Waals surface area contributed by atoms with Crippen molar-refractivity contribution in [3.63, 3.8) is 0 Å². The van der Waals surface area contributed by atoms with Crippen LogP contribution in [0.15, 0.2) is 48.5 Å². The fourth-order valence-corrected chi connectivity index (χ4v) is 3.29. The lowest BCUT2D eigenvalue weighted by atomic mass is 9.86. The predicted molar refractivity (Wildman–Crippen MR) is 79.4 cm³/mol. The smallest absolute Gasteiger partial charge is 0.0793 e. The van der Waals surface area contributed by atoms with Crippen LogP contribution < -0.4 is 0 Å². The molecule has 1 atom stereocenters. The molecule has 1 aliphatic rings. The van der Waals surface area contributed by atoms with Gasteiger partial charge in [-0.2, -0.15) is 0 Å². The molecule has 0 amide bonds. The Morgan fingerprint density at radius 3 is 2.68 bits per heavy atom. The Labute approximate surface area is 112 Å². The Morgan fingerprint density at radius 2 is 1.74 bits per heavy atom. The highest BCUT2D eigenvalue weighted by Gasteiger charge is 2.18. The zero-order valence-electron chi connectivity index (χ0n) is 10.8. The van der Waals surface area contributed by atoms with Crippen molar-refractivity contribution < 1.29 is 5.11 Å². The monoisotopic (exact) mass is 248 g/mol. The van der Waals surface area contributed by atoms with Crippen molar-refractivity contribution in [1.82, 2.24) is 0 Å². The molecule has 0 radical (unpaired) electrons. The highest BCUT2D eigenvalue weighted by Crippen LogP contribution is 2.35. The molecule has 1 heteroatoms. The van der Waals surface area contributed by atoms with E-state index in [0.717, 1.165) is 24.8 Å². The van der Waals surface area contributed by atoms with Crippen LogP contribution in [-0.2, 0) is 6.42 Å². The highest BCUT2D eigenvalue weighted by atomic mass is 16.3. The largest absolute Gasteiger partial charge is 0.388 e. The van der Waals surface area contributed by atoms with E-state index in [4.69, 9.17) is 0 Å². The summed E-state index contributed by atoms with van der Waals surface area (Å²) in [5.41, 5.74) is 2.46. The van der Waals surface area contributed by atoms with Crippen LogP contribution in [0.3, 0.4) is 0 Å². The molecule has 3 aromatic rings. The molecule has 0 bridgehead atoms. The molecule has 3 aromatic carbocycles. The fraction of sp³-hybridized carbons (Fsp3) is 0.222. The molecule has 0 fully saturated rings. The molecule has 94 valence electrons. The van der Waals surface area contributed by atoms with Crippen LogP contribution >= 0.6 is 0 Å². The second-order valence-electron chi connectivity index (χ2n) is 5.47. The Hall–Kier alpha value is -1.86. The Kier molecular flexibility index (Phi) is 2.36. The van der Waals surface area contributed by atoms with Gasteiger partial charge in [-0.1, -0.05) is 42.5 Å². The Bertz CT molecular complexity index is 773. The maximum atomic E-state index is 10.1. The molecule has 0 aromatic heterocycles. The van der Waals surface area contributed by atoms with Crippen LogP contribution in [0.25, 0.3) is 21.5 Å². The first kappa shape index (κ1) is 11.0. The number of benzene rings is 3. The molecule has 0 saturated carbocycles. The quantitative estimate of drug-likeness (QED) is 0.586. The van der Waals surface area contributed by atoms with Crippen molar-refractivity contribution in [2.75, 3.05) is 0 Å². The third-order valence-corrected chi connectivity index (χ3v) is 4.29. The van der Waals surface area contributed by atoms with E-state index in [-0.39, 0.29) is 6.10 Å². The Balaban J connectivity index is 2.10. The lowest BCUT2D eigenvalue weighted by Crippen LogP contribution is -2.08. The van der Waals surface area contributed by atoms with Gasteiger partial charge in [-0.3, -0.25) is 0 Å². The summed E-state index contributed by atoms with van der Waals surface area (Å²) in [5.74, 6) is 0. The van der Waals surface area contributed by atoms with Gasteiger partial charge in [0.15, 0.2) is 0 Å². The van der Waals surface area contributed by atoms with Crippen LogP contribution in [0.1, 0.15) is 30.1 Å². The molecule has 19 heavy (non-hydrogen) atoms. The first-order valence-corrected chi connectivity index (χ1v) is 6.95. The number of aliphatic hydroxyl groups excluding tert-OH is 1. The van der Waals surface area contributed by atoms with Crippen LogP contribution in [0, 0.1) is 0 Å². The summed E-state index contributed by atoms with van der Waals surface area (Å²) in [6.45, 7) is 0. The number of aryl methyl sites for hydroxylation is 1. The van der Waals surface area contributed by atoms with Crippen molar-refractivity contribution in [3.8, 4) is 0 Å². The van der Waals surface area contributed by atoms with E-state index in [2.05, 4.69) is 48.5 Å². The number of fused-ring (bicyclic) bond motifs is 4. The van der Waals surface area contributed by atoms with Gasteiger partial charge in [0.1, 0.15) is 0 Å². The fourth-order valence-electron chi connectivity index (χ4n) is 3.29. The molecule has 0 heterocycles. The van der Waals surface area contributed by atoms with Gasteiger partial charge in [0.25, 0.3) is 0 Å². The molecular formula is C18H16O. The van der Waals surface area contributed by atoms with Crippen LogP contribution in [0.4, 0.5) is 0 Å². The Morgan fingerprint density at radius 1 is 0.895 bits per heavy atom. The summed E-state index contributed by atoms with van der Waals surface area (Å²) < 4.78 is 0. The van der Waals surface area contributed by atoms with Crippen LogP contribution in [0.2, 0.25) is 0 Å². The van der Waals surface area contributed by atoms with E-state index in [1.807, 2.05) is 0 Å². The molecule has 4 rings (SSSR count). The SMILES string of the molecule is OC1CCCc2cc3c(ccc4ccccc43)cc21. The zero-order valence-corrected chi connectivity index (χ0v) is 10.8. The third kappa shape index (κ3) is 1.66. The molecule has 0 saturated heterocycles. The minimum absolute atomic E-state index is 0.278. The van der Waals surface area contributed by atoms with Crippen molar-refractivity contribution in [3.05, 3.63) is 59.7 Å². The summed E-state index contributed by atoms with van der Waals surface area (Å²) in [4.78, 5) is 0. The second-order valence-corrected chi connectivity index (χ2v) is 5.47. The van der Waals surface area contributed by atoms with Gasteiger partial charge in [0.2, 0.25) is 0 Å². The first-order chi connectivity index (χ1) is 9.33. The van der Waals surface area contributed by atoms with Gasteiger partial charge in [-0.25, -0.2) is 0 Å². The highest BCUT2D eigenvalue weighted by molar-refractivity contribution is 6.07. The van der Waals surface area contributed by atoms with Crippen LogP contribution in [-0.4, -0.2) is 5.11 Å². The molecule has 0 spiro atoms. The van der Waals surface area contributed by atoms with Crippen molar-refractivity contribution in [2.24, 2.45) is 0 Å². The van der Waals surface area contributed by atoms with Crippen molar-refractivity contribution in [1.29, 1.82) is 0 Å². The van der Waals surface area contributed by atoms with E-state index in [1.165, 1.54) is 27.1 Å². The molecule has 1 nitrogen and oxygen atoms in total. The second kappa shape index (κ2) is 4.07. The molecule has 1 aliphatic carbocycles. The predicted octanol–water partition coefficient (Wildman–Crippen LogP) is 4.36. The van der Waals surface area contributed by atoms with E-state index in [1.54, 1.807) is 0 Å². The minimum Gasteiger partial charge on any atom is -0.388 e. The van der Waals surface area contributed by atoms with E-state index in [0.29, 0.717) is 0 Å². The number of rotatable bonds is 0. The van der Waals surface area contributed by atoms with E-state index >= 15 is 0 Å². The third-order valence-electron chi connectivity index (χ3n) is 4.29. The average Bonchev–Trinajstić information content (AvgIpc) is 2.46. The number of hydrogen-bond acceptors (Lipinski definition) is 1. The minimum atomic E-state index is -0.278. The number of aliphatic hydroxyl groups is 1. The van der Waals surface area contributed by atoms with Crippen molar-refractivity contribution >= 4 is 21.5 Å². The lowest BCUT2D eigenvalue weighted by molar-refractivity contribution is 0.157. The maximum absolute atomic E-state index is 10.1. The van der Waals surface area contributed by atoms with Gasteiger partial charge in [-0.05, 0) is 58.0 Å². The van der Waals surface area contributed by atoms with Gasteiger partial charge in [-0.15, -0.1) is 0 Å². The van der Waals surface area contributed by atoms with Gasteiger partial charge in [0, 0.05) is 0 Å². The standard InChI is InChI=1S/C18H16O/c19-18-7-3-5-13-10-16-14(11-17(13)18)9-8-12-4-1-2-6-15(12)16/h1-2,4,6,8-11,18-19H,3,5,7H2. The summed E-state index contributed by atoms with van der Waals surface area (Å²) in [7, 11) is 0. The normalized spacial score (nSPS) is 18.7. The maximum Gasteiger partial charge on any atom is 0.0793 e. The molecule has 0 aliphatic heterocycles. The lowest BCUT2D eigenvalue weighted by Gasteiger charge is -2.22. The summed E-state index contributed by atoms with van der Waals surface area (Å²) >= 11 is 0. The summed E-state index contributed by atoms with van der Waals surface area (Å²) in [5, 5.41) is 15.3. The van der Waals surface area contributed by atoms with Gasteiger partial charge in [0.05, 0.1) is 6.10 Å². The number of hydrogen-bond donors (Lipinski definition) is 1. The molecular weight excluding hydrogens is 232 g/mol. The summed E-state index contributed by atoms with van der Waals surface area (Å²) in [6, 6.07) is 17.3. The van der Waals surface area contributed by atoms with E-state index < -0.39 is 0 Å². The topological polar surface area (TPSA) is 20.2 Å². The molecule has 1 N–H and O–H groups in total. The zero-order chi connectivity index (χ0) is 12.8. The first-order valence-electron chi connectivity index (χ1n) is 6.95. The average molecular weight is 248 g/mol. The summed E-state index contributed by atoms with van der Waals surface area (Å²) in [6.07, 6.45) is 2.79.